The van der Waals surface area contributed by atoms with Crippen LogP contribution in [0.25, 0.3) is 0 Å². The van der Waals surface area contributed by atoms with Gasteiger partial charge in [0.2, 0.25) is 10.0 Å². The molecule has 2 aromatic rings. The van der Waals surface area contributed by atoms with E-state index >= 15 is 0 Å². The largest absolute Gasteiger partial charge is 0.338 e. The Morgan fingerprint density at radius 2 is 1.88 bits per heavy atom. The second kappa shape index (κ2) is 7.60. The fraction of sp³-hybridized carbons (Fsp3) is 0.350. The van der Waals surface area contributed by atoms with Crippen LogP contribution in [0.1, 0.15) is 42.2 Å². The number of benzene rings is 2. The van der Waals surface area contributed by atoms with E-state index in [0.29, 0.717) is 11.5 Å². The summed E-state index contributed by atoms with van der Waals surface area (Å²) in [6, 6.07) is 15.3. The predicted molar refractivity (Wildman–Crippen MR) is 101 cm³/mol. The van der Waals surface area contributed by atoms with Crippen LogP contribution in [0, 0.1) is 5.92 Å². The second-order valence-corrected chi connectivity index (χ2v) is 8.64. The molecule has 1 aliphatic heterocycles. The topological polar surface area (TPSA) is 66.5 Å². The second-order valence-electron chi connectivity index (χ2n) is 6.93. The highest BCUT2D eigenvalue weighted by Crippen LogP contribution is 2.21. The van der Waals surface area contributed by atoms with Gasteiger partial charge in [0.25, 0.3) is 5.91 Å². The number of carbonyl (C=O) groups excluding carboxylic acids is 1. The van der Waals surface area contributed by atoms with Gasteiger partial charge in [0.15, 0.2) is 0 Å². The number of nitrogens with zero attached hydrogens (tertiary/aromatic N) is 1. The Kier molecular flexibility index (Phi) is 5.44. The molecule has 0 bridgehead atoms. The lowest BCUT2D eigenvalue weighted by molar-refractivity contribution is 0.0788. The molecule has 3 rings (SSSR count). The maximum atomic E-state index is 12.7. The number of carbonyl (C=O) groups is 1. The molecule has 26 heavy (non-hydrogen) atoms. The highest BCUT2D eigenvalue weighted by Gasteiger charge is 2.25. The summed E-state index contributed by atoms with van der Waals surface area (Å²) in [5, 5.41) is 0. The van der Waals surface area contributed by atoms with Gasteiger partial charge in [0.05, 0.1) is 4.90 Å². The smallest absolute Gasteiger partial charge is 0.253 e. The van der Waals surface area contributed by atoms with Crippen LogP contribution in [0.3, 0.4) is 0 Å². The molecule has 138 valence electrons. The summed E-state index contributed by atoms with van der Waals surface area (Å²) in [7, 11) is -3.72. The van der Waals surface area contributed by atoms with Gasteiger partial charge in [-0.25, -0.2) is 13.1 Å². The zero-order valence-electron chi connectivity index (χ0n) is 15.1. The van der Waals surface area contributed by atoms with E-state index in [2.05, 4.69) is 11.6 Å². The summed E-state index contributed by atoms with van der Waals surface area (Å²) in [6.07, 6.45) is 0.986. The molecule has 1 N–H and O–H groups in total. The summed E-state index contributed by atoms with van der Waals surface area (Å²) in [5.41, 5.74) is 1.30. The fourth-order valence-electron chi connectivity index (χ4n) is 3.21. The standard InChI is InChI=1S/C20H24N2O3S/c1-15-11-12-22(14-15)20(23)18-9-6-10-19(13-18)26(24,25)21-16(2)17-7-4-3-5-8-17/h3-10,13,15-16,21H,11-12,14H2,1-2H3. The molecular formula is C20H24N2O3S. The Hall–Kier alpha value is -2.18. The zero-order chi connectivity index (χ0) is 18.7. The van der Waals surface area contributed by atoms with E-state index < -0.39 is 10.0 Å². The van der Waals surface area contributed by atoms with E-state index in [9.17, 15) is 13.2 Å². The molecule has 0 aliphatic carbocycles. The molecule has 1 fully saturated rings. The van der Waals surface area contributed by atoms with Crippen LogP contribution < -0.4 is 4.72 Å². The molecule has 5 nitrogen and oxygen atoms in total. The minimum absolute atomic E-state index is 0.109. The summed E-state index contributed by atoms with van der Waals surface area (Å²) in [5.74, 6) is 0.377. The van der Waals surface area contributed by atoms with Crippen LogP contribution in [0.5, 0.6) is 0 Å². The molecule has 6 heteroatoms. The van der Waals surface area contributed by atoms with Gasteiger partial charge in [0, 0.05) is 24.7 Å². The van der Waals surface area contributed by atoms with Gasteiger partial charge >= 0.3 is 0 Å². The summed E-state index contributed by atoms with van der Waals surface area (Å²) < 4.78 is 28.1. The van der Waals surface area contributed by atoms with Crippen molar-refractivity contribution in [1.29, 1.82) is 0 Å². The van der Waals surface area contributed by atoms with E-state index in [1.807, 2.05) is 30.3 Å². The first kappa shape index (κ1) is 18.6. The lowest BCUT2D eigenvalue weighted by atomic mass is 10.1. The van der Waals surface area contributed by atoms with Crippen LogP contribution in [0.2, 0.25) is 0 Å². The molecule has 0 saturated carbocycles. The molecule has 0 spiro atoms. The number of rotatable bonds is 5. The third-order valence-corrected chi connectivity index (χ3v) is 6.27. The van der Waals surface area contributed by atoms with Crippen LogP contribution in [0.15, 0.2) is 59.5 Å². The quantitative estimate of drug-likeness (QED) is 0.876. The van der Waals surface area contributed by atoms with Crippen molar-refractivity contribution in [2.45, 2.75) is 31.2 Å². The molecule has 1 amide bonds. The highest BCUT2D eigenvalue weighted by molar-refractivity contribution is 7.89. The number of hydrogen-bond donors (Lipinski definition) is 1. The van der Waals surface area contributed by atoms with Crippen molar-refractivity contribution in [2.24, 2.45) is 5.92 Å². The highest BCUT2D eigenvalue weighted by atomic mass is 32.2. The van der Waals surface area contributed by atoms with Gasteiger partial charge < -0.3 is 4.90 Å². The fourth-order valence-corrected chi connectivity index (χ4v) is 4.49. The number of nitrogens with one attached hydrogen (secondary N) is 1. The monoisotopic (exact) mass is 372 g/mol. The van der Waals surface area contributed by atoms with Crippen molar-refractivity contribution < 1.29 is 13.2 Å². The van der Waals surface area contributed by atoms with Crippen molar-refractivity contribution in [1.82, 2.24) is 9.62 Å². The average molecular weight is 372 g/mol. The molecule has 0 radical (unpaired) electrons. The van der Waals surface area contributed by atoms with Crippen LogP contribution in [-0.4, -0.2) is 32.3 Å². The van der Waals surface area contributed by atoms with E-state index in [0.717, 1.165) is 25.1 Å². The molecular weight excluding hydrogens is 348 g/mol. The number of likely N-dealkylation sites (tertiary alicyclic amines) is 1. The van der Waals surface area contributed by atoms with Crippen LogP contribution >= 0.6 is 0 Å². The predicted octanol–water partition coefficient (Wildman–Crippen LogP) is 3.21. The number of sulfonamides is 1. The van der Waals surface area contributed by atoms with Gasteiger partial charge in [-0.05, 0) is 43.0 Å². The number of amides is 1. The first-order chi connectivity index (χ1) is 12.4. The molecule has 2 atom stereocenters. The first-order valence-electron chi connectivity index (χ1n) is 8.83. The van der Waals surface area contributed by atoms with Crippen molar-refractivity contribution >= 4 is 15.9 Å². The van der Waals surface area contributed by atoms with Gasteiger partial charge in [-0.15, -0.1) is 0 Å². The molecule has 1 heterocycles. The van der Waals surface area contributed by atoms with Crippen LogP contribution in [-0.2, 0) is 10.0 Å². The summed E-state index contributed by atoms with van der Waals surface area (Å²) in [6.45, 7) is 5.36. The Balaban J connectivity index is 1.79. The van der Waals surface area contributed by atoms with E-state index in [-0.39, 0.29) is 16.8 Å². The Bertz CT molecular complexity index is 881. The van der Waals surface area contributed by atoms with Crippen LogP contribution in [0.4, 0.5) is 0 Å². The lowest BCUT2D eigenvalue weighted by Crippen LogP contribution is -2.29. The Labute approximate surface area is 155 Å². The van der Waals surface area contributed by atoms with Gasteiger partial charge in [-0.2, -0.15) is 0 Å². The molecule has 2 aromatic carbocycles. The van der Waals surface area contributed by atoms with Crippen molar-refractivity contribution in [3.8, 4) is 0 Å². The maximum Gasteiger partial charge on any atom is 0.253 e. The van der Waals surface area contributed by atoms with Crippen molar-refractivity contribution in [3.63, 3.8) is 0 Å². The van der Waals surface area contributed by atoms with E-state index in [1.54, 1.807) is 24.0 Å². The molecule has 0 aromatic heterocycles. The summed E-state index contributed by atoms with van der Waals surface area (Å²) in [4.78, 5) is 14.5. The molecule has 1 saturated heterocycles. The minimum Gasteiger partial charge on any atom is -0.338 e. The van der Waals surface area contributed by atoms with Gasteiger partial charge in [-0.3, -0.25) is 4.79 Å². The molecule has 1 aliphatic rings. The Morgan fingerprint density at radius 3 is 2.54 bits per heavy atom. The summed E-state index contributed by atoms with van der Waals surface area (Å²) >= 11 is 0. The van der Waals surface area contributed by atoms with Gasteiger partial charge in [-0.1, -0.05) is 43.3 Å². The minimum atomic E-state index is -3.72. The SMILES string of the molecule is CC1CCN(C(=O)c2cccc(S(=O)(=O)NC(C)c3ccccc3)c2)C1. The maximum absolute atomic E-state index is 12.7. The third-order valence-electron chi connectivity index (χ3n) is 4.73. The lowest BCUT2D eigenvalue weighted by Gasteiger charge is -2.17. The first-order valence-corrected chi connectivity index (χ1v) is 10.3. The van der Waals surface area contributed by atoms with Gasteiger partial charge in [0.1, 0.15) is 0 Å². The van der Waals surface area contributed by atoms with E-state index in [4.69, 9.17) is 0 Å². The van der Waals surface area contributed by atoms with Crippen molar-refractivity contribution in [2.75, 3.05) is 13.1 Å². The zero-order valence-corrected chi connectivity index (χ0v) is 15.9. The molecule has 2 unspecified atom stereocenters. The van der Waals surface area contributed by atoms with Crippen molar-refractivity contribution in [3.05, 3.63) is 65.7 Å². The average Bonchev–Trinajstić information content (AvgIpc) is 3.08. The number of hydrogen-bond acceptors (Lipinski definition) is 3. The third kappa shape index (κ3) is 4.14. The normalized spacial score (nSPS) is 18.7. The Morgan fingerprint density at radius 1 is 1.15 bits per heavy atom. The van der Waals surface area contributed by atoms with E-state index in [1.165, 1.54) is 12.1 Å².